The van der Waals surface area contributed by atoms with Gasteiger partial charge in [-0.05, 0) is 67.2 Å². The number of benzene rings is 2. The lowest BCUT2D eigenvalue weighted by Gasteiger charge is -2.14. The highest BCUT2D eigenvalue weighted by atomic mass is 79.9. The van der Waals surface area contributed by atoms with E-state index in [-0.39, 0.29) is 5.11 Å². The minimum Gasteiger partial charge on any atom is -0.434 e. The van der Waals surface area contributed by atoms with Gasteiger partial charge in [-0.2, -0.15) is 4.98 Å². The number of pyridine rings is 1. The summed E-state index contributed by atoms with van der Waals surface area (Å²) in [5.74, 6) is 0.0540. The predicted octanol–water partition coefficient (Wildman–Crippen LogP) is 5.74. The minimum absolute atomic E-state index is 0.149. The third-order valence-corrected chi connectivity index (χ3v) is 5.40. The van der Waals surface area contributed by atoms with Crippen molar-refractivity contribution in [2.45, 2.75) is 6.92 Å². The summed E-state index contributed by atoms with van der Waals surface area (Å²) in [5.41, 5.74) is 3.84. The van der Waals surface area contributed by atoms with Crippen LogP contribution in [0.4, 0.5) is 5.69 Å². The molecule has 0 saturated carbocycles. The number of amides is 1. The molecule has 30 heavy (non-hydrogen) atoms. The molecule has 1 amide bonds. The fourth-order valence-electron chi connectivity index (χ4n) is 2.88. The Bertz CT molecular complexity index is 1260. The first-order valence-electron chi connectivity index (χ1n) is 8.81. The van der Waals surface area contributed by atoms with E-state index in [9.17, 15) is 4.79 Å². The molecule has 6 nitrogen and oxygen atoms in total. The molecule has 2 heterocycles. The molecule has 0 aliphatic carbocycles. The number of carbonyl (C=O) groups is 1. The van der Waals surface area contributed by atoms with Gasteiger partial charge in [0, 0.05) is 21.9 Å². The third-order valence-electron chi connectivity index (χ3n) is 4.38. The van der Waals surface area contributed by atoms with Gasteiger partial charge in [0.15, 0.2) is 16.3 Å². The van der Waals surface area contributed by atoms with Crippen molar-refractivity contribution in [3.8, 4) is 11.5 Å². The van der Waals surface area contributed by atoms with Gasteiger partial charge in [-0.3, -0.25) is 10.1 Å². The highest BCUT2D eigenvalue weighted by Gasteiger charge is 2.16. The van der Waals surface area contributed by atoms with E-state index in [4.69, 9.17) is 28.2 Å². The van der Waals surface area contributed by atoms with Crippen LogP contribution in [-0.4, -0.2) is 21.0 Å². The molecular formula is C21H14BrClN4O2S. The SMILES string of the molecule is Cc1c(NC(=S)NC(=O)c2cc(Br)ccc2Cl)cccc1-c1nc2ncccc2o1. The van der Waals surface area contributed by atoms with Gasteiger partial charge < -0.3 is 9.73 Å². The van der Waals surface area contributed by atoms with Gasteiger partial charge in [-0.1, -0.05) is 33.6 Å². The number of thiocarbonyl (C=S) groups is 1. The second kappa shape index (κ2) is 8.51. The van der Waals surface area contributed by atoms with Crippen LogP contribution < -0.4 is 10.6 Å². The van der Waals surface area contributed by atoms with Gasteiger partial charge in [0.25, 0.3) is 5.91 Å². The molecule has 4 aromatic rings. The minimum atomic E-state index is -0.405. The molecule has 2 aromatic carbocycles. The van der Waals surface area contributed by atoms with E-state index < -0.39 is 5.91 Å². The maximum absolute atomic E-state index is 12.5. The number of fused-ring (bicyclic) bond motifs is 1. The molecule has 4 rings (SSSR count). The zero-order valence-electron chi connectivity index (χ0n) is 15.6. The second-order valence-corrected chi connectivity index (χ2v) is 8.09. The lowest BCUT2D eigenvalue weighted by molar-refractivity contribution is 0.0978. The molecule has 0 aliphatic heterocycles. The summed E-state index contributed by atoms with van der Waals surface area (Å²) in [4.78, 5) is 21.2. The van der Waals surface area contributed by atoms with Gasteiger partial charge in [0.05, 0.1) is 10.6 Å². The number of anilines is 1. The first kappa shape index (κ1) is 20.5. The van der Waals surface area contributed by atoms with Crippen molar-refractivity contribution in [1.29, 1.82) is 0 Å². The Morgan fingerprint density at radius 2 is 2.03 bits per heavy atom. The highest BCUT2D eigenvalue weighted by Crippen LogP contribution is 2.30. The van der Waals surface area contributed by atoms with Crippen molar-refractivity contribution in [3.63, 3.8) is 0 Å². The Morgan fingerprint density at radius 3 is 2.83 bits per heavy atom. The number of halogens is 2. The molecule has 0 atom stereocenters. The Hall–Kier alpha value is -2.81. The topological polar surface area (TPSA) is 80.0 Å². The van der Waals surface area contributed by atoms with Crippen molar-refractivity contribution in [2.75, 3.05) is 5.32 Å². The van der Waals surface area contributed by atoms with Gasteiger partial charge in [-0.15, -0.1) is 0 Å². The third kappa shape index (κ3) is 4.21. The first-order valence-corrected chi connectivity index (χ1v) is 10.4. The smallest absolute Gasteiger partial charge is 0.258 e. The van der Waals surface area contributed by atoms with E-state index in [0.29, 0.717) is 33.4 Å². The maximum Gasteiger partial charge on any atom is 0.258 e. The molecule has 9 heteroatoms. The van der Waals surface area contributed by atoms with Crippen molar-refractivity contribution in [1.82, 2.24) is 15.3 Å². The molecule has 0 aliphatic rings. The van der Waals surface area contributed by atoms with Crippen molar-refractivity contribution >= 4 is 67.7 Å². The Balaban J connectivity index is 1.55. The molecule has 0 spiro atoms. The lowest BCUT2D eigenvalue weighted by Crippen LogP contribution is -2.34. The van der Waals surface area contributed by atoms with Gasteiger partial charge >= 0.3 is 0 Å². The zero-order chi connectivity index (χ0) is 21.3. The van der Waals surface area contributed by atoms with E-state index in [2.05, 4.69) is 36.5 Å². The van der Waals surface area contributed by atoms with Crippen LogP contribution in [0.15, 0.2) is 63.6 Å². The number of carbonyl (C=O) groups excluding carboxylic acids is 1. The number of nitrogens with zero attached hydrogens (tertiary/aromatic N) is 2. The van der Waals surface area contributed by atoms with Crippen LogP contribution in [0.25, 0.3) is 22.7 Å². The summed E-state index contributed by atoms with van der Waals surface area (Å²) < 4.78 is 6.56. The first-order chi connectivity index (χ1) is 14.4. The van der Waals surface area contributed by atoms with Crippen LogP contribution in [0, 0.1) is 6.92 Å². The van der Waals surface area contributed by atoms with E-state index >= 15 is 0 Å². The Labute approximate surface area is 190 Å². The van der Waals surface area contributed by atoms with E-state index in [0.717, 1.165) is 15.6 Å². The summed E-state index contributed by atoms with van der Waals surface area (Å²) in [6, 6.07) is 14.2. The van der Waals surface area contributed by atoms with E-state index in [1.807, 2.05) is 31.2 Å². The molecule has 0 fully saturated rings. The summed E-state index contributed by atoms with van der Waals surface area (Å²) in [6.45, 7) is 1.91. The number of hydrogen-bond donors (Lipinski definition) is 2. The number of oxazole rings is 1. The van der Waals surface area contributed by atoms with Gasteiger partial charge in [0.2, 0.25) is 5.89 Å². The highest BCUT2D eigenvalue weighted by molar-refractivity contribution is 9.10. The summed E-state index contributed by atoms with van der Waals surface area (Å²) in [5, 5.41) is 6.18. The average molecular weight is 502 g/mol. The van der Waals surface area contributed by atoms with Gasteiger partial charge in [-0.25, -0.2) is 4.98 Å². The van der Waals surface area contributed by atoms with Crippen LogP contribution in [0.1, 0.15) is 15.9 Å². The monoisotopic (exact) mass is 500 g/mol. The van der Waals surface area contributed by atoms with E-state index in [1.165, 1.54) is 0 Å². The number of nitrogens with one attached hydrogen (secondary N) is 2. The summed E-state index contributed by atoms with van der Waals surface area (Å²) >= 11 is 14.8. The Morgan fingerprint density at radius 1 is 1.20 bits per heavy atom. The number of aromatic nitrogens is 2. The lowest BCUT2D eigenvalue weighted by atomic mass is 10.1. The average Bonchev–Trinajstić information content (AvgIpc) is 3.15. The second-order valence-electron chi connectivity index (χ2n) is 6.35. The molecular weight excluding hydrogens is 488 g/mol. The molecule has 0 saturated heterocycles. The predicted molar refractivity (Wildman–Crippen MR) is 125 cm³/mol. The van der Waals surface area contributed by atoms with Crippen LogP contribution in [-0.2, 0) is 0 Å². The van der Waals surface area contributed by atoms with Crippen LogP contribution >= 0.6 is 39.7 Å². The quantitative estimate of drug-likeness (QED) is 0.348. The molecule has 0 unspecified atom stereocenters. The summed E-state index contributed by atoms with van der Waals surface area (Å²) in [6.07, 6.45) is 1.66. The number of rotatable bonds is 3. The van der Waals surface area contributed by atoms with Crippen molar-refractivity contribution < 1.29 is 9.21 Å². The van der Waals surface area contributed by atoms with Crippen LogP contribution in [0.3, 0.4) is 0 Å². The van der Waals surface area contributed by atoms with Crippen LogP contribution in [0.2, 0.25) is 5.02 Å². The summed E-state index contributed by atoms with van der Waals surface area (Å²) in [7, 11) is 0. The molecule has 2 aromatic heterocycles. The fraction of sp³-hybridized carbons (Fsp3) is 0.0476. The molecule has 2 N–H and O–H groups in total. The molecule has 0 bridgehead atoms. The van der Waals surface area contributed by atoms with Crippen molar-refractivity contribution in [3.05, 3.63) is 75.4 Å². The Kier molecular flexibility index (Phi) is 5.80. The maximum atomic E-state index is 12.5. The molecule has 0 radical (unpaired) electrons. The van der Waals surface area contributed by atoms with E-state index in [1.54, 1.807) is 30.5 Å². The fourth-order valence-corrected chi connectivity index (χ4v) is 3.65. The zero-order valence-corrected chi connectivity index (χ0v) is 18.7. The standard InChI is InChI=1S/C21H14BrClN4O2S/c1-11-13(20-26-18-17(29-20)6-3-9-24-18)4-2-5-16(11)25-21(30)27-19(28)14-10-12(22)7-8-15(14)23/h2-10H,1H3,(H2,25,27,28,30). The van der Waals surface area contributed by atoms with Crippen molar-refractivity contribution in [2.24, 2.45) is 0 Å². The largest absolute Gasteiger partial charge is 0.434 e. The van der Waals surface area contributed by atoms with Gasteiger partial charge in [0.1, 0.15) is 0 Å². The normalized spacial score (nSPS) is 10.8. The number of hydrogen-bond acceptors (Lipinski definition) is 5. The molecule has 150 valence electrons. The van der Waals surface area contributed by atoms with Crippen LogP contribution in [0.5, 0.6) is 0 Å².